The third-order valence-corrected chi connectivity index (χ3v) is 3.16. The molecule has 0 bridgehead atoms. The molecule has 0 saturated heterocycles. The standard InChI is InChI=1S/C12H12N2O3/c1-6-9(12(15)16)11-8(4-13-5-17-11)7-2-3-14-10(6)7/h2-3,13-14H,4-5H2,1H3,(H,15,16). The van der Waals surface area contributed by atoms with E-state index >= 15 is 0 Å². The Kier molecular flexibility index (Phi) is 2.09. The minimum absolute atomic E-state index is 0.261. The summed E-state index contributed by atoms with van der Waals surface area (Å²) < 4.78 is 5.47. The molecule has 0 radical (unpaired) electrons. The molecule has 1 aliphatic rings. The molecule has 88 valence electrons. The van der Waals surface area contributed by atoms with Crippen LogP contribution >= 0.6 is 0 Å². The quantitative estimate of drug-likeness (QED) is 0.698. The molecule has 3 N–H and O–H groups in total. The number of H-pyrrole nitrogens is 1. The van der Waals surface area contributed by atoms with Crippen molar-refractivity contribution in [3.8, 4) is 5.75 Å². The molecule has 2 aromatic rings. The van der Waals surface area contributed by atoms with Gasteiger partial charge in [0.1, 0.15) is 18.0 Å². The van der Waals surface area contributed by atoms with E-state index in [-0.39, 0.29) is 5.56 Å². The summed E-state index contributed by atoms with van der Waals surface area (Å²) in [5, 5.41) is 13.4. The zero-order chi connectivity index (χ0) is 12.0. The van der Waals surface area contributed by atoms with Crippen molar-refractivity contribution < 1.29 is 14.6 Å². The maximum atomic E-state index is 11.3. The maximum absolute atomic E-state index is 11.3. The molecule has 17 heavy (non-hydrogen) atoms. The minimum atomic E-state index is -0.947. The lowest BCUT2D eigenvalue weighted by Gasteiger charge is -2.22. The lowest BCUT2D eigenvalue weighted by Crippen LogP contribution is -2.27. The van der Waals surface area contributed by atoms with Crippen LogP contribution in [0.4, 0.5) is 0 Å². The number of rotatable bonds is 1. The average Bonchev–Trinajstić information content (AvgIpc) is 2.78. The van der Waals surface area contributed by atoms with Crippen LogP contribution in [0.25, 0.3) is 10.9 Å². The van der Waals surface area contributed by atoms with Gasteiger partial charge in [0.15, 0.2) is 0 Å². The summed E-state index contributed by atoms with van der Waals surface area (Å²) in [4.78, 5) is 14.4. The molecule has 0 fully saturated rings. The van der Waals surface area contributed by atoms with Gasteiger partial charge in [0.05, 0.1) is 0 Å². The molecule has 0 unspecified atom stereocenters. The zero-order valence-electron chi connectivity index (χ0n) is 9.33. The molecule has 1 aromatic carbocycles. The van der Waals surface area contributed by atoms with Crippen molar-refractivity contribution in [1.82, 2.24) is 10.3 Å². The van der Waals surface area contributed by atoms with E-state index in [1.165, 1.54) is 0 Å². The molecule has 2 heterocycles. The lowest BCUT2D eigenvalue weighted by molar-refractivity contribution is 0.0690. The molecule has 0 aliphatic carbocycles. The summed E-state index contributed by atoms with van der Waals surface area (Å²) in [6, 6.07) is 1.95. The van der Waals surface area contributed by atoms with E-state index in [0.29, 0.717) is 19.0 Å². The number of aryl methyl sites for hydroxylation is 1. The number of hydrogen-bond acceptors (Lipinski definition) is 3. The number of aromatic carboxylic acids is 1. The summed E-state index contributed by atoms with van der Waals surface area (Å²) in [6.07, 6.45) is 1.82. The van der Waals surface area contributed by atoms with Gasteiger partial charge in [-0.25, -0.2) is 4.79 Å². The second-order valence-electron chi connectivity index (χ2n) is 4.09. The van der Waals surface area contributed by atoms with E-state index in [1.807, 2.05) is 12.3 Å². The van der Waals surface area contributed by atoms with Crippen molar-refractivity contribution in [2.24, 2.45) is 0 Å². The number of nitrogens with one attached hydrogen (secondary N) is 2. The van der Waals surface area contributed by atoms with Gasteiger partial charge in [-0.2, -0.15) is 0 Å². The summed E-state index contributed by atoms with van der Waals surface area (Å²) in [5.41, 5.74) is 2.76. The smallest absolute Gasteiger partial charge is 0.339 e. The van der Waals surface area contributed by atoms with Gasteiger partial charge in [0, 0.05) is 29.2 Å². The van der Waals surface area contributed by atoms with Crippen LogP contribution in [-0.4, -0.2) is 22.8 Å². The first kappa shape index (κ1) is 10.2. The predicted molar refractivity (Wildman–Crippen MR) is 62.3 cm³/mol. The number of aromatic nitrogens is 1. The van der Waals surface area contributed by atoms with Gasteiger partial charge in [0.25, 0.3) is 0 Å². The fraction of sp³-hybridized carbons (Fsp3) is 0.250. The second-order valence-corrected chi connectivity index (χ2v) is 4.09. The largest absolute Gasteiger partial charge is 0.478 e. The number of fused-ring (bicyclic) bond motifs is 3. The van der Waals surface area contributed by atoms with Crippen molar-refractivity contribution in [2.75, 3.05) is 6.73 Å². The van der Waals surface area contributed by atoms with Gasteiger partial charge in [-0.3, -0.25) is 5.32 Å². The SMILES string of the molecule is Cc1c(C(=O)O)c2c(c3cc[nH]c13)CNCO2. The Labute approximate surface area is 97.4 Å². The molecule has 1 aromatic heterocycles. The Morgan fingerprint density at radius 1 is 1.53 bits per heavy atom. The maximum Gasteiger partial charge on any atom is 0.339 e. The van der Waals surface area contributed by atoms with Gasteiger partial charge in [-0.05, 0) is 18.6 Å². The van der Waals surface area contributed by atoms with E-state index in [9.17, 15) is 9.90 Å². The van der Waals surface area contributed by atoms with E-state index in [2.05, 4.69) is 10.3 Å². The number of hydrogen-bond donors (Lipinski definition) is 3. The van der Waals surface area contributed by atoms with Crippen LogP contribution in [0.3, 0.4) is 0 Å². The van der Waals surface area contributed by atoms with Crippen molar-refractivity contribution in [2.45, 2.75) is 13.5 Å². The summed E-state index contributed by atoms with van der Waals surface area (Å²) in [6.45, 7) is 2.78. The van der Waals surface area contributed by atoms with Gasteiger partial charge in [-0.15, -0.1) is 0 Å². The fourth-order valence-corrected chi connectivity index (χ4v) is 2.39. The van der Waals surface area contributed by atoms with Crippen LogP contribution < -0.4 is 10.1 Å². The van der Waals surface area contributed by atoms with Crippen LogP contribution in [0.2, 0.25) is 0 Å². The zero-order valence-corrected chi connectivity index (χ0v) is 9.33. The van der Waals surface area contributed by atoms with E-state index in [4.69, 9.17) is 4.74 Å². The normalized spacial score (nSPS) is 14.4. The molecule has 5 heteroatoms. The molecule has 0 saturated carbocycles. The van der Waals surface area contributed by atoms with Crippen molar-refractivity contribution in [1.29, 1.82) is 0 Å². The van der Waals surface area contributed by atoms with Gasteiger partial charge in [0.2, 0.25) is 0 Å². The third kappa shape index (κ3) is 1.32. The number of ether oxygens (including phenoxy) is 1. The monoisotopic (exact) mass is 232 g/mol. The Balaban J connectivity index is 2.45. The Morgan fingerprint density at radius 2 is 2.35 bits per heavy atom. The van der Waals surface area contributed by atoms with Crippen molar-refractivity contribution in [3.05, 3.63) is 29.0 Å². The molecular weight excluding hydrogens is 220 g/mol. The average molecular weight is 232 g/mol. The first-order valence-electron chi connectivity index (χ1n) is 5.39. The van der Waals surface area contributed by atoms with Crippen LogP contribution in [0.15, 0.2) is 12.3 Å². The van der Waals surface area contributed by atoms with Crippen LogP contribution in [0, 0.1) is 6.92 Å². The van der Waals surface area contributed by atoms with E-state index in [0.717, 1.165) is 22.0 Å². The number of aromatic amines is 1. The Bertz CT molecular complexity index is 616. The predicted octanol–water partition coefficient (Wildman–Crippen LogP) is 1.61. The van der Waals surface area contributed by atoms with E-state index in [1.54, 1.807) is 6.92 Å². The van der Waals surface area contributed by atoms with E-state index < -0.39 is 5.97 Å². The Hall–Kier alpha value is -2.01. The number of carbonyl (C=O) groups is 1. The Morgan fingerprint density at radius 3 is 3.12 bits per heavy atom. The fourth-order valence-electron chi connectivity index (χ4n) is 2.39. The summed E-state index contributed by atoms with van der Waals surface area (Å²) in [5.74, 6) is -0.446. The van der Waals surface area contributed by atoms with Gasteiger partial charge in [-0.1, -0.05) is 0 Å². The molecular formula is C12H12N2O3. The molecule has 5 nitrogen and oxygen atoms in total. The highest BCUT2D eigenvalue weighted by atomic mass is 16.5. The molecule has 3 rings (SSSR count). The second kappa shape index (κ2) is 3.49. The van der Waals surface area contributed by atoms with Crippen LogP contribution in [0.5, 0.6) is 5.75 Å². The first-order valence-corrected chi connectivity index (χ1v) is 5.39. The lowest BCUT2D eigenvalue weighted by atomic mass is 9.98. The minimum Gasteiger partial charge on any atom is -0.478 e. The van der Waals surface area contributed by atoms with Gasteiger partial charge >= 0.3 is 5.97 Å². The number of carboxylic acid groups (broad SMARTS) is 1. The molecule has 1 aliphatic heterocycles. The van der Waals surface area contributed by atoms with Gasteiger partial charge < -0.3 is 14.8 Å². The highest BCUT2D eigenvalue weighted by Crippen LogP contribution is 2.36. The topological polar surface area (TPSA) is 74.3 Å². The summed E-state index contributed by atoms with van der Waals surface area (Å²) in [7, 11) is 0. The summed E-state index contributed by atoms with van der Waals surface area (Å²) >= 11 is 0. The van der Waals surface area contributed by atoms with Crippen LogP contribution in [0.1, 0.15) is 21.5 Å². The molecule has 0 amide bonds. The first-order chi connectivity index (χ1) is 8.20. The molecule has 0 spiro atoms. The van der Waals surface area contributed by atoms with Crippen molar-refractivity contribution >= 4 is 16.9 Å². The third-order valence-electron chi connectivity index (χ3n) is 3.16. The van der Waals surface area contributed by atoms with Crippen LogP contribution in [-0.2, 0) is 6.54 Å². The number of benzene rings is 1. The number of carboxylic acids is 1. The molecule has 0 atom stereocenters. The highest BCUT2D eigenvalue weighted by molar-refractivity contribution is 6.01. The highest BCUT2D eigenvalue weighted by Gasteiger charge is 2.25. The van der Waals surface area contributed by atoms with Crippen molar-refractivity contribution in [3.63, 3.8) is 0 Å².